The Bertz CT molecular complexity index is 652. The van der Waals surface area contributed by atoms with E-state index in [1.165, 1.54) is 23.5 Å². The van der Waals surface area contributed by atoms with E-state index in [1.54, 1.807) is 11.3 Å². The van der Waals surface area contributed by atoms with Gasteiger partial charge in [-0.15, -0.1) is 11.3 Å². The number of amides is 1. The largest absolute Gasteiger partial charge is 0.389 e. The second-order valence-electron chi connectivity index (χ2n) is 5.64. The maximum absolute atomic E-state index is 12.0. The summed E-state index contributed by atoms with van der Waals surface area (Å²) in [6.45, 7) is 1.31. The van der Waals surface area contributed by atoms with Gasteiger partial charge in [-0.3, -0.25) is 14.7 Å². The summed E-state index contributed by atoms with van der Waals surface area (Å²) in [6.07, 6.45) is 3.35. The minimum Gasteiger partial charge on any atom is -0.389 e. The van der Waals surface area contributed by atoms with Gasteiger partial charge in [0, 0.05) is 36.9 Å². The molecule has 0 saturated carbocycles. The van der Waals surface area contributed by atoms with Crippen LogP contribution in [0.1, 0.15) is 15.4 Å². The molecule has 2 aromatic heterocycles. The van der Waals surface area contributed by atoms with Crippen molar-refractivity contribution in [1.82, 2.24) is 20.2 Å². The first-order valence-corrected chi connectivity index (χ1v) is 8.14. The van der Waals surface area contributed by atoms with Crippen LogP contribution in [0.2, 0.25) is 0 Å². The molecule has 3 N–H and O–H groups in total. The second kappa shape index (κ2) is 6.71. The molecule has 0 aliphatic carbocycles. The minimum atomic E-state index is -1.37. The molecule has 122 valence electrons. The molecule has 7 nitrogen and oxygen atoms in total. The highest BCUT2D eigenvalue weighted by Gasteiger charge is 2.44. The first-order chi connectivity index (χ1) is 11.1. The van der Waals surface area contributed by atoms with Crippen LogP contribution in [0.25, 0.3) is 0 Å². The topological polar surface area (TPSA) is 98.6 Å². The molecular weight excluding hydrogens is 316 g/mol. The number of aromatic nitrogens is 2. The Morgan fingerprint density at radius 1 is 1.52 bits per heavy atom. The molecular formula is C15H18N4O3S. The number of aliphatic hydroxyl groups excluding tert-OH is 1. The van der Waals surface area contributed by atoms with Crippen LogP contribution in [0.15, 0.2) is 36.1 Å². The van der Waals surface area contributed by atoms with E-state index in [0.29, 0.717) is 19.6 Å². The summed E-state index contributed by atoms with van der Waals surface area (Å²) in [5.74, 6) is -0.421. The molecule has 23 heavy (non-hydrogen) atoms. The van der Waals surface area contributed by atoms with E-state index < -0.39 is 17.6 Å². The van der Waals surface area contributed by atoms with Crippen molar-refractivity contribution in [1.29, 1.82) is 0 Å². The number of β-amino-alcohol motifs (C(OH)–C–C–N with tert-alkyl or cyclic N) is 2. The molecule has 0 radical (unpaired) electrons. The van der Waals surface area contributed by atoms with E-state index in [0.717, 1.165) is 0 Å². The Hall–Kier alpha value is -1.87. The molecule has 1 saturated heterocycles. The van der Waals surface area contributed by atoms with Crippen molar-refractivity contribution in [2.24, 2.45) is 0 Å². The Balaban J connectivity index is 1.57. The number of rotatable bonds is 5. The smallest absolute Gasteiger partial charge is 0.271 e. The van der Waals surface area contributed by atoms with Crippen LogP contribution in [-0.4, -0.2) is 62.3 Å². The lowest BCUT2D eigenvalue weighted by atomic mass is 10.0. The molecule has 8 heteroatoms. The van der Waals surface area contributed by atoms with E-state index in [4.69, 9.17) is 0 Å². The van der Waals surface area contributed by atoms with Gasteiger partial charge in [-0.05, 0) is 11.4 Å². The molecule has 2 aromatic rings. The van der Waals surface area contributed by atoms with E-state index in [2.05, 4.69) is 15.3 Å². The predicted octanol–water partition coefficient (Wildman–Crippen LogP) is -0.124. The van der Waals surface area contributed by atoms with Crippen LogP contribution in [-0.2, 0) is 6.54 Å². The third kappa shape index (κ3) is 3.73. The Kier molecular flexibility index (Phi) is 4.67. The number of likely N-dealkylation sites (tertiary alicyclic amines) is 1. The van der Waals surface area contributed by atoms with Gasteiger partial charge in [0.25, 0.3) is 5.91 Å². The first-order valence-electron chi connectivity index (χ1n) is 7.26. The number of carbonyl (C=O) groups is 1. The number of aliphatic hydroxyl groups is 2. The number of nitrogens with one attached hydrogen (secondary N) is 1. The number of nitrogens with zero attached hydrogens (tertiary/aromatic N) is 3. The molecule has 0 unspecified atom stereocenters. The monoisotopic (exact) mass is 334 g/mol. The zero-order chi connectivity index (χ0) is 16.3. The highest BCUT2D eigenvalue weighted by Crippen LogP contribution is 2.24. The molecule has 2 atom stereocenters. The molecule has 1 aliphatic heterocycles. The van der Waals surface area contributed by atoms with Crippen LogP contribution in [0.4, 0.5) is 0 Å². The highest BCUT2D eigenvalue weighted by molar-refractivity contribution is 7.09. The normalized spacial score (nSPS) is 24.7. The van der Waals surface area contributed by atoms with Gasteiger partial charge in [-0.25, -0.2) is 4.98 Å². The van der Waals surface area contributed by atoms with Crippen molar-refractivity contribution >= 4 is 17.2 Å². The van der Waals surface area contributed by atoms with E-state index in [9.17, 15) is 15.0 Å². The second-order valence-corrected chi connectivity index (χ2v) is 6.67. The lowest BCUT2D eigenvalue weighted by Gasteiger charge is -2.26. The van der Waals surface area contributed by atoms with Gasteiger partial charge in [0.1, 0.15) is 11.3 Å². The number of thiophene rings is 1. The predicted molar refractivity (Wildman–Crippen MR) is 84.9 cm³/mol. The maximum atomic E-state index is 12.0. The van der Waals surface area contributed by atoms with Crippen molar-refractivity contribution in [2.45, 2.75) is 18.2 Å². The summed E-state index contributed by atoms with van der Waals surface area (Å²) in [7, 11) is 0. The average molecular weight is 334 g/mol. The maximum Gasteiger partial charge on any atom is 0.271 e. The molecule has 0 bridgehead atoms. The first kappa shape index (κ1) is 16.0. The van der Waals surface area contributed by atoms with Gasteiger partial charge in [-0.1, -0.05) is 6.07 Å². The zero-order valence-electron chi connectivity index (χ0n) is 12.4. The highest BCUT2D eigenvalue weighted by atomic mass is 32.1. The van der Waals surface area contributed by atoms with E-state index >= 15 is 0 Å². The van der Waals surface area contributed by atoms with E-state index in [1.807, 2.05) is 22.4 Å². The summed E-state index contributed by atoms with van der Waals surface area (Å²) in [6, 6.07) is 3.99. The molecule has 3 heterocycles. The van der Waals surface area contributed by atoms with Crippen LogP contribution < -0.4 is 5.32 Å². The fraction of sp³-hybridized carbons (Fsp3) is 0.400. The lowest BCUT2D eigenvalue weighted by molar-refractivity contribution is -0.0377. The van der Waals surface area contributed by atoms with E-state index in [-0.39, 0.29) is 12.2 Å². The van der Waals surface area contributed by atoms with Crippen molar-refractivity contribution < 1.29 is 15.0 Å². The van der Waals surface area contributed by atoms with Gasteiger partial charge in [0.2, 0.25) is 0 Å². The Morgan fingerprint density at radius 3 is 3.09 bits per heavy atom. The quantitative estimate of drug-likeness (QED) is 0.705. The Morgan fingerprint density at radius 2 is 2.39 bits per heavy atom. The van der Waals surface area contributed by atoms with Gasteiger partial charge in [-0.2, -0.15) is 0 Å². The van der Waals surface area contributed by atoms with Gasteiger partial charge >= 0.3 is 0 Å². The molecule has 1 fully saturated rings. The molecule has 3 rings (SSSR count). The fourth-order valence-corrected chi connectivity index (χ4v) is 3.38. The van der Waals surface area contributed by atoms with Crippen molar-refractivity contribution in [3.63, 3.8) is 0 Å². The molecule has 0 aromatic carbocycles. The zero-order valence-corrected chi connectivity index (χ0v) is 13.2. The SMILES string of the molecule is O=C(NC[C@]1(O)CN(Cc2cccs2)C[C@H]1O)c1cnccn1. The van der Waals surface area contributed by atoms with Crippen LogP contribution in [0.3, 0.4) is 0 Å². The summed E-state index contributed by atoms with van der Waals surface area (Å²) >= 11 is 1.64. The summed E-state index contributed by atoms with van der Waals surface area (Å²) < 4.78 is 0. The third-order valence-electron chi connectivity index (χ3n) is 3.86. The molecule has 1 aliphatic rings. The van der Waals surface area contributed by atoms with Gasteiger partial charge in [0.15, 0.2) is 0 Å². The Labute approximate surface area is 137 Å². The summed E-state index contributed by atoms with van der Waals surface area (Å²) in [5, 5.41) is 25.4. The lowest BCUT2D eigenvalue weighted by Crippen LogP contribution is -2.51. The van der Waals surface area contributed by atoms with Crippen molar-refractivity contribution in [2.75, 3.05) is 19.6 Å². The summed E-state index contributed by atoms with van der Waals surface area (Å²) in [4.78, 5) is 22.9. The van der Waals surface area contributed by atoms with Gasteiger partial charge < -0.3 is 15.5 Å². The molecule has 1 amide bonds. The number of carbonyl (C=O) groups excluding carboxylic acids is 1. The molecule has 0 spiro atoms. The fourth-order valence-electron chi connectivity index (χ4n) is 2.63. The van der Waals surface area contributed by atoms with Crippen LogP contribution in [0.5, 0.6) is 0 Å². The van der Waals surface area contributed by atoms with Crippen molar-refractivity contribution in [3.05, 3.63) is 46.7 Å². The third-order valence-corrected chi connectivity index (χ3v) is 4.72. The minimum absolute atomic E-state index is 0.0372. The van der Waals surface area contributed by atoms with Crippen LogP contribution >= 0.6 is 11.3 Å². The average Bonchev–Trinajstić information content (AvgIpc) is 3.15. The van der Waals surface area contributed by atoms with Gasteiger partial charge in [0.05, 0.1) is 18.8 Å². The number of hydrogen-bond acceptors (Lipinski definition) is 7. The van der Waals surface area contributed by atoms with Crippen LogP contribution in [0, 0.1) is 0 Å². The van der Waals surface area contributed by atoms with Crippen molar-refractivity contribution in [3.8, 4) is 0 Å². The standard InChI is InChI=1S/C15H18N4O3S/c20-13-8-19(7-11-2-1-5-23-11)10-15(13,22)9-18-14(21)12-6-16-3-4-17-12/h1-6,13,20,22H,7-10H2,(H,18,21)/t13-,15+/m1/s1. The summed E-state index contributed by atoms with van der Waals surface area (Å²) in [5.41, 5.74) is -1.19. The number of hydrogen-bond donors (Lipinski definition) is 3.